The Bertz CT molecular complexity index is 1480. The molecule has 7 nitrogen and oxygen atoms in total. The van der Waals surface area contributed by atoms with E-state index in [9.17, 15) is 14.7 Å². The zero-order valence-electron chi connectivity index (χ0n) is 18.8. The molecule has 0 saturated heterocycles. The van der Waals surface area contributed by atoms with E-state index in [2.05, 4.69) is 21.0 Å². The Kier molecular flexibility index (Phi) is 6.08. The fraction of sp³-hybridized carbons (Fsp3) is 0.308. The zero-order chi connectivity index (χ0) is 23.8. The van der Waals surface area contributed by atoms with E-state index >= 15 is 0 Å². The predicted molar refractivity (Wildman–Crippen MR) is 137 cm³/mol. The van der Waals surface area contributed by atoms with Gasteiger partial charge in [0.2, 0.25) is 0 Å². The largest absolute Gasteiger partial charge is 0.480 e. The summed E-state index contributed by atoms with van der Waals surface area (Å²) >= 11 is 3.45. The van der Waals surface area contributed by atoms with Gasteiger partial charge in [-0.05, 0) is 44.0 Å². The molecule has 34 heavy (non-hydrogen) atoms. The van der Waals surface area contributed by atoms with Crippen LogP contribution in [0.2, 0.25) is 0 Å². The third kappa shape index (κ3) is 4.07. The Morgan fingerprint density at radius 3 is 2.71 bits per heavy atom. The molecule has 0 radical (unpaired) electrons. The van der Waals surface area contributed by atoms with Gasteiger partial charge in [0.25, 0.3) is 5.56 Å². The molecule has 1 aliphatic rings. The molecule has 0 bridgehead atoms. The standard InChI is InChI=1S/C26H25BrN4O3/c1-16(26(33)34)30-15-18(20-9-5-6-10-23(20)30)14-28-31-24(17-7-3-2-4-8-17)29-22-12-11-19(27)13-21(22)25(31)32/h5-6,9-17H,2-4,7-8H2,1H3,(H,33,34)/t16-/m0/s1. The average Bonchev–Trinajstić information content (AvgIpc) is 3.22. The first-order valence-electron chi connectivity index (χ1n) is 11.5. The van der Waals surface area contributed by atoms with Crippen molar-refractivity contribution in [3.05, 3.63) is 74.9 Å². The van der Waals surface area contributed by atoms with Crippen LogP contribution in [0, 0.1) is 0 Å². The van der Waals surface area contributed by atoms with E-state index in [1.54, 1.807) is 30.0 Å². The van der Waals surface area contributed by atoms with E-state index < -0.39 is 12.0 Å². The SMILES string of the molecule is C[C@@H](C(=O)O)n1cc(C=Nn2c(C3CCCCC3)nc3ccc(Br)cc3c2=O)c2ccccc21. The molecule has 4 aromatic rings. The van der Waals surface area contributed by atoms with Gasteiger partial charge in [-0.15, -0.1) is 0 Å². The van der Waals surface area contributed by atoms with Crippen LogP contribution in [0.1, 0.15) is 62.4 Å². The molecule has 174 valence electrons. The van der Waals surface area contributed by atoms with Crippen molar-refractivity contribution in [2.75, 3.05) is 0 Å². The number of nitrogens with zero attached hydrogens (tertiary/aromatic N) is 4. The number of carbonyl (C=O) groups is 1. The third-order valence-corrected chi connectivity index (χ3v) is 7.16. The van der Waals surface area contributed by atoms with Crippen LogP contribution in [0.15, 0.2) is 63.0 Å². The van der Waals surface area contributed by atoms with E-state index in [-0.39, 0.29) is 11.5 Å². The highest BCUT2D eigenvalue weighted by molar-refractivity contribution is 9.10. The Morgan fingerprint density at radius 1 is 1.18 bits per heavy atom. The predicted octanol–water partition coefficient (Wildman–Crippen LogP) is 5.69. The number of fused-ring (bicyclic) bond motifs is 2. The van der Waals surface area contributed by atoms with E-state index in [4.69, 9.17) is 4.98 Å². The van der Waals surface area contributed by atoms with Crippen LogP contribution in [-0.2, 0) is 4.79 Å². The number of aliphatic carboxylic acids is 1. The molecular formula is C26H25BrN4O3. The monoisotopic (exact) mass is 520 g/mol. The summed E-state index contributed by atoms with van der Waals surface area (Å²) in [5.41, 5.74) is 2.02. The Morgan fingerprint density at radius 2 is 1.94 bits per heavy atom. The molecule has 1 saturated carbocycles. The molecule has 1 N–H and O–H groups in total. The van der Waals surface area contributed by atoms with Crippen molar-refractivity contribution < 1.29 is 9.90 Å². The summed E-state index contributed by atoms with van der Waals surface area (Å²) in [4.78, 5) is 30.1. The molecule has 2 heterocycles. The molecule has 2 aromatic carbocycles. The van der Waals surface area contributed by atoms with Crippen molar-refractivity contribution in [2.45, 2.75) is 51.0 Å². The minimum atomic E-state index is -0.913. The molecule has 0 spiro atoms. The summed E-state index contributed by atoms with van der Waals surface area (Å²) in [5.74, 6) is -0.0391. The van der Waals surface area contributed by atoms with Crippen molar-refractivity contribution in [2.24, 2.45) is 5.10 Å². The summed E-state index contributed by atoms with van der Waals surface area (Å²) < 4.78 is 3.97. The smallest absolute Gasteiger partial charge is 0.326 e. The molecule has 1 aliphatic carbocycles. The zero-order valence-corrected chi connectivity index (χ0v) is 20.4. The lowest BCUT2D eigenvalue weighted by Crippen LogP contribution is -2.25. The Hall–Kier alpha value is -3.26. The highest BCUT2D eigenvalue weighted by Gasteiger charge is 2.23. The van der Waals surface area contributed by atoms with Crippen molar-refractivity contribution in [1.29, 1.82) is 0 Å². The van der Waals surface area contributed by atoms with Crippen molar-refractivity contribution in [3.8, 4) is 0 Å². The van der Waals surface area contributed by atoms with Crippen molar-refractivity contribution in [1.82, 2.24) is 14.2 Å². The number of hydrogen-bond donors (Lipinski definition) is 1. The highest BCUT2D eigenvalue weighted by atomic mass is 79.9. The summed E-state index contributed by atoms with van der Waals surface area (Å²) in [6, 6.07) is 12.4. The second kappa shape index (κ2) is 9.18. The molecule has 1 atom stereocenters. The van der Waals surface area contributed by atoms with Crippen LogP contribution >= 0.6 is 15.9 Å². The number of carboxylic acids is 1. The lowest BCUT2D eigenvalue weighted by atomic mass is 9.88. The summed E-state index contributed by atoms with van der Waals surface area (Å²) in [5, 5.41) is 15.6. The fourth-order valence-corrected chi connectivity index (χ4v) is 5.16. The number of aromatic nitrogens is 3. The lowest BCUT2D eigenvalue weighted by Gasteiger charge is -2.22. The third-order valence-electron chi connectivity index (χ3n) is 6.66. The van der Waals surface area contributed by atoms with Gasteiger partial charge < -0.3 is 9.67 Å². The van der Waals surface area contributed by atoms with Gasteiger partial charge in [0.05, 0.1) is 17.1 Å². The van der Waals surface area contributed by atoms with Crippen LogP contribution in [0.25, 0.3) is 21.8 Å². The Balaban J connectivity index is 1.67. The van der Waals surface area contributed by atoms with Gasteiger partial charge in [-0.1, -0.05) is 53.4 Å². The minimum Gasteiger partial charge on any atom is -0.480 e. The van der Waals surface area contributed by atoms with Crippen LogP contribution in [-0.4, -0.2) is 31.5 Å². The first kappa shape index (κ1) is 22.5. The van der Waals surface area contributed by atoms with Gasteiger partial charge in [0.1, 0.15) is 11.9 Å². The van der Waals surface area contributed by atoms with E-state index in [1.807, 2.05) is 36.4 Å². The van der Waals surface area contributed by atoms with Crippen LogP contribution in [0.5, 0.6) is 0 Å². The second-order valence-corrected chi connectivity index (χ2v) is 9.77. The molecule has 0 aliphatic heterocycles. The number of hydrogen-bond acceptors (Lipinski definition) is 4. The number of benzene rings is 2. The Labute approximate surface area is 204 Å². The van der Waals surface area contributed by atoms with Gasteiger partial charge in [-0.3, -0.25) is 4.79 Å². The fourth-order valence-electron chi connectivity index (χ4n) is 4.80. The maximum atomic E-state index is 13.5. The molecule has 0 amide bonds. The van der Waals surface area contributed by atoms with Gasteiger partial charge in [-0.2, -0.15) is 9.78 Å². The normalized spacial score (nSPS) is 15.9. The van der Waals surface area contributed by atoms with Gasteiger partial charge in [0, 0.05) is 33.1 Å². The lowest BCUT2D eigenvalue weighted by molar-refractivity contribution is -0.140. The maximum Gasteiger partial charge on any atom is 0.326 e. The molecule has 2 aromatic heterocycles. The maximum absolute atomic E-state index is 13.5. The van der Waals surface area contributed by atoms with Gasteiger partial charge in [0.15, 0.2) is 0 Å². The van der Waals surface area contributed by atoms with E-state index in [0.29, 0.717) is 16.7 Å². The summed E-state index contributed by atoms with van der Waals surface area (Å²) in [6.07, 6.45) is 8.83. The number of rotatable bonds is 5. The van der Waals surface area contributed by atoms with Gasteiger partial charge >= 0.3 is 5.97 Å². The molecule has 0 unspecified atom stereocenters. The van der Waals surface area contributed by atoms with E-state index in [1.165, 1.54) is 11.1 Å². The molecule has 8 heteroatoms. The first-order valence-corrected chi connectivity index (χ1v) is 12.3. The number of carboxylic acid groups (broad SMARTS) is 1. The second-order valence-electron chi connectivity index (χ2n) is 8.85. The summed E-state index contributed by atoms with van der Waals surface area (Å²) in [6.45, 7) is 1.65. The topological polar surface area (TPSA) is 89.5 Å². The number of para-hydroxylation sites is 1. The first-order chi connectivity index (χ1) is 16.4. The van der Waals surface area contributed by atoms with Crippen LogP contribution < -0.4 is 5.56 Å². The molecular weight excluding hydrogens is 496 g/mol. The molecule has 5 rings (SSSR count). The minimum absolute atomic E-state index is 0.181. The quantitative estimate of drug-likeness (QED) is 0.342. The molecule has 1 fully saturated rings. The van der Waals surface area contributed by atoms with Gasteiger partial charge in [-0.25, -0.2) is 9.78 Å². The van der Waals surface area contributed by atoms with Crippen LogP contribution in [0.4, 0.5) is 0 Å². The average molecular weight is 521 g/mol. The highest BCUT2D eigenvalue weighted by Crippen LogP contribution is 2.32. The summed E-state index contributed by atoms with van der Waals surface area (Å²) in [7, 11) is 0. The van der Waals surface area contributed by atoms with Crippen molar-refractivity contribution in [3.63, 3.8) is 0 Å². The van der Waals surface area contributed by atoms with E-state index in [0.717, 1.165) is 46.6 Å². The van der Waals surface area contributed by atoms with Crippen molar-refractivity contribution >= 4 is 49.9 Å². The number of halogens is 1. The van der Waals surface area contributed by atoms with Crippen LogP contribution in [0.3, 0.4) is 0 Å².